The SMILES string of the molecule is CCNC(CC1=CCCCC1)C1CCOC2(CCSC2)C1. The van der Waals surface area contributed by atoms with Gasteiger partial charge < -0.3 is 10.1 Å². The summed E-state index contributed by atoms with van der Waals surface area (Å²) in [6, 6.07) is 0.672. The first-order chi connectivity index (χ1) is 10.3. The van der Waals surface area contributed by atoms with Crippen molar-refractivity contribution in [3.05, 3.63) is 11.6 Å². The van der Waals surface area contributed by atoms with Crippen LogP contribution in [0.3, 0.4) is 0 Å². The van der Waals surface area contributed by atoms with Gasteiger partial charge in [0.05, 0.1) is 5.60 Å². The van der Waals surface area contributed by atoms with Crippen LogP contribution in [0.25, 0.3) is 0 Å². The van der Waals surface area contributed by atoms with Gasteiger partial charge in [0.15, 0.2) is 0 Å². The van der Waals surface area contributed by atoms with Gasteiger partial charge in [-0.3, -0.25) is 0 Å². The maximum Gasteiger partial charge on any atom is 0.0783 e. The number of thioether (sulfide) groups is 1. The van der Waals surface area contributed by atoms with Gasteiger partial charge in [-0.2, -0.15) is 11.8 Å². The number of allylic oxidation sites excluding steroid dienone is 1. The Balaban J connectivity index is 1.63. The molecule has 0 saturated carbocycles. The molecule has 0 aromatic heterocycles. The topological polar surface area (TPSA) is 21.3 Å². The number of hydrogen-bond donors (Lipinski definition) is 1. The molecule has 1 spiro atoms. The molecular formula is C18H31NOS. The zero-order valence-electron chi connectivity index (χ0n) is 13.5. The molecule has 21 heavy (non-hydrogen) atoms. The largest absolute Gasteiger partial charge is 0.374 e. The second-order valence-electron chi connectivity index (χ2n) is 7.06. The molecule has 2 heterocycles. The fraction of sp³-hybridized carbons (Fsp3) is 0.889. The molecule has 3 atom stereocenters. The van der Waals surface area contributed by atoms with Crippen molar-refractivity contribution < 1.29 is 4.74 Å². The quantitative estimate of drug-likeness (QED) is 0.771. The molecule has 2 nitrogen and oxygen atoms in total. The van der Waals surface area contributed by atoms with Crippen molar-refractivity contribution in [2.24, 2.45) is 5.92 Å². The summed E-state index contributed by atoms with van der Waals surface area (Å²) in [4.78, 5) is 0. The van der Waals surface area contributed by atoms with E-state index in [-0.39, 0.29) is 5.60 Å². The minimum Gasteiger partial charge on any atom is -0.374 e. The fourth-order valence-corrected chi connectivity index (χ4v) is 5.69. The van der Waals surface area contributed by atoms with Crippen molar-refractivity contribution in [1.82, 2.24) is 5.32 Å². The second kappa shape index (κ2) is 7.52. The van der Waals surface area contributed by atoms with Crippen molar-refractivity contribution >= 4 is 11.8 Å². The van der Waals surface area contributed by atoms with Crippen molar-refractivity contribution in [3.8, 4) is 0 Å². The molecule has 1 N–H and O–H groups in total. The molecule has 0 aromatic carbocycles. The van der Waals surface area contributed by atoms with Crippen LogP contribution in [0.2, 0.25) is 0 Å². The molecule has 3 aliphatic rings. The molecule has 2 saturated heterocycles. The Morgan fingerprint density at radius 3 is 3.14 bits per heavy atom. The highest BCUT2D eigenvalue weighted by atomic mass is 32.2. The van der Waals surface area contributed by atoms with Crippen molar-refractivity contribution in [2.75, 3.05) is 24.7 Å². The van der Waals surface area contributed by atoms with E-state index in [4.69, 9.17) is 4.74 Å². The Bertz CT molecular complexity index is 362. The van der Waals surface area contributed by atoms with Gasteiger partial charge in [-0.05, 0) is 69.6 Å². The molecule has 3 rings (SSSR count). The van der Waals surface area contributed by atoms with Gasteiger partial charge in [0, 0.05) is 18.4 Å². The lowest BCUT2D eigenvalue weighted by Crippen LogP contribution is -2.47. The van der Waals surface area contributed by atoms with Crippen LogP contribution in [-0.2, 0) is 4.74 Å². The molecular weight excluding hydrogens is 278 g/mol. The smallest absolute Gasteiger partial charge is 0.0783 e. The fourth-order valence-electron chi connectivity index (χ4n) is 4.31. The van der Waals surface area contributed by atoms with E-state index in [1.165, 1.54) is 62.9 Å². The summed E-state index contributed by atoms with van der Waals surface area (Å²) < 4.78 is 6.21. The summed E-state index contributed by atoms with van der Waals surface area (Å²) in [5.74, 6) is 3.33. The highest BCUT2D eigenvalue weighted by Crippen LogP contribution is 2.42. The first-order valence-electron chi connectivity index (χ1n) is 8.94. The zero-order valence-corrected chi connectivity index (χ0v) is 14.4. The average molecular weight is 310 g/mol. The van der Waals surface area contributed by atoms with Crippen LogP contribution in [0.5, 0.6) is 0 Å². The highest BCUT2D eigenvalue weighted by Gasteiger charge is 2.42. The van der Waals surface area contributed by atoms with E-state index in [0.29, 0.717) is 6.04 Å². The van der Waals surface area contributed by atoms with E-state index in [9.17, 15) is 0 Å². The Morgan fingerprint density at radius 1 is 1.48 bits per heavy atom. The third kappa shape index (κ3) is 4.05. The molecule has 2 aliphatic heterocycles. The molecule has 3 heteroatoms. The summed E-state index contributed by atoms with van der Waals surface area (Å²) in [5.41, 5.74) is 1.94. The lowest BCUT2D eigenvalue weighted by Gasteiger charge is -2.41. The number of hydrogen-bond acceptors (Lipinski definition) is 3. The monoisotopic (exact) mass is 309 g/mol. The molecule has 1 aliphatic carbocycles. The lowest BCUT2D eigenvalue weighted by atomic mass is 9.78. The molecule has 0 bridgehead atoms. The van der Waals surface area contributed by atoms with Crippen LogP contribution in [0.4, 0.5) is 0 Å². The predicted octanol–water partition coefficient (Wildman–Crippen LogP) is 4.16. The van der Waals surface area contributed by atoms with E-state index < -0.39 is 0 Å². The Kier molecular flexibility index (Phi) is 5.69. The summed E-state index contributed by atoms with van der Waals surface area (Å²) in [6.45, 7) is 4.33. The van der Waals surface area contributed by atoms with E-state index >= 15 is 0 Å². The third-order valence-corrected chi connectivity index (χ3v) is 6.72. The normalized spacial score (nSPS) is 34.9. The van der Waals surface area contributed by atoms with Crippen LogP contribution in [0, 0.1) is 5.92 Å². The molecule has 0 amide bonds. The van der Waals surface area contributed by atoms with Gasteiger partial charge in [0.2, 0.25) is 0 Å². The third-order valence-electron chi connectivity index (χ3n) is 5.50. The van der Waals surface area contributed by atoms with Crippen LogP contribution in [0.15, 0.2) is 11.6 Å². The molecule has 2 fully saturated rings. The van der Waals surface area contributed by atoms with Gasteiger partial charge in [-0.15, -0.1) is 0 Å². The summed E-state index contributed by atoms with van der Waals surface area (Å²) in [5, 5.41) is 3.80. The van der Waals surface area contributed by atoms with Gasteiger partial charge in [-0.1, -0.05) is 18.6 Å². The van der Waals surface area contributed by atoms with E-state index in [2.05, 4.69) is 30.1 Å². The van der Waals surface area contributed by atoms with Crippen LogP contribution >= 0.6 is 11.8 Å². The van der Waals surface area contributed by atoms with Crippen LogP contribution < -0.4 is 5.32 Å². The Morgan fingerprint density at radius 2 is 2.43 bits per heavy atom. The van der Waals surface area contributed by atoms with Crippen molar-refractivity contribution in [3.63, 3.8) is 0 Å². The highest BCUT2D eigenvalue weighted by molar-refractivity contribution is 7.99. The van der Waals surface area contributed by atoms with Gasteiger partial charge >= 0.3 is 0 Å². The minimum atomic E-state index is 0.224. The number of rotatable bonds is 5. The molecule has 0 aromatic rings. The average Bonchev–Trinajstić information content (AvgIpc) is 2.96. The standard InChI is InChI=1S/C18H31NOS/c1-2-19-17(12-15-6-4-3-5-7-15)16-8-10-20-18(13-16)9-11-21-14-18/h6,16-17,19H,2-5,7-14H2,1H3. The molecule has 0 radical (unpaired) electrons. The Labute approximate surface area is 134 Å². The van der Waals surface area contributed by atoms with E-state index in [1.54, 1.807) is 5.57 Å². The molecule has 120 valence electrons. The summed E-state index contributed by atoms with van der Waals surface area (Å²) >= 11 is 2.09. The van der Waals surface area contributed by atoms with Gasteiger partial charge in [0.1, 0.15) is 0 Å². The predicted molar refractivity (Wildman–Crippen MR) is 92.0 cm³/mol. The maximum atomic E-state index is 6.21. The first kappa shape index (κ1) is 15.9. The molecule has 3 unspecified atom stereocenters. The van der Waals surface area contributed by atoms with Crippen LogP contribution in [0.1, 0.15) is 58.3 Å². The maximum absolute atomic E-state index is 6.21. The minimum absolute atomic E-state index is 0.224. The van der Waals surface area contributed by atoms with E-state index in [0.717, 1.165) is 19.1 Å². The summed E-state index contributed by atoms with van der Waals surface area (Å²) in [7, 11) is 0. The zero-order chi connectivity index (χ0) is 14.5. The number of nitrogens with one attached hydrogen (secondary N) is 1. The first-order valence-corrected chi connectivity index (χ1v) is 10.1. The Hall–Kier alpha value is 0.01000. The summed E-state index contributed by atoms with van der Waals surface area (Å²) in [6.07, 6.45) is 13.1. The van der Waals surface area contributed by atoms with Gasteiger partial charge in [-0.25, -0.2) is 0 Å². The second-order valence-corrected chi connectivity index (χ2v) is 8.17. The van der Waals surface area contributed by atoms with Crippen LogP contribution in [-0.4, -0.2) is 36.3 Å². The van der Waals surface area contributed by atoms with Gasteiger partial charge in [0.25, 0.3) is 0 Å². The number of ether oxygens (including phenoxy) is 1. The van der Waals surface area contributed by atoms with Crippen molar-refractivity contribution in [1.29, 1.82) is 0 Å². The van der Waals surface area contributed by atoms with Crippen molar-refractivity contribution in [2.45, 2.75) is 69.9 Å². The van der Waals surface area contributed by atoms with E-state index in [1.807, 2.05) is 0 Å². The lowest BCUT2D eigenvalue weighted by molar-refractivity contribution is -0.0850.